The third-order valence-electron chi connectivity index (χ3n) is 3.66. The van der Waals surface area contributed by atoms with Gasteiger partial charge in [0.2, 0.25) is 0 Å². The van der Waals surface area contributed by atoms with Gasteiger partial charge in [-0.2, -0.15) is 5.10 Å². The van der Waals surface area contributed by atoms with Crippen LogP contribution in [0.25, 0.3) is 10.9 Å². The summed E-state index contributed by atoms with van der Waals surface area (Å²) in [5, 5.41) is 15.7. The van der Waals surface area contributed by atoms with E-state index in [9.17, 15) is 5.11 Å². The summed E-state index contributed by atoms with van der Waals surface area (Å²) in [5.74, 6) is 0.776. The molecule has 108 valence electrons. The fourth-order valence-corrected chi connectivity index (χ4v) is 2.53. The number of fused-ring (bicyclic) bond motifs is 1. The zero-order valence-corrected chi connectivity index (χ0v) is 12.2. The van der Waals surface area contributed by atoms with Crippen LogP contribution in [0, 0.1) is 6.92 Å². The number of aryl methyl sites for hydroxylation is 2. The predicted octanol–water partition coefficient (Wildman–Crippen LogP) is 2.43. The molecule has 0 aliphatic heterocycles. The molecule has 3 aromatic rings. The summed E-state index contributed by atoms with van der Waals surface area (Å²) in [6, 6.07) is 9.91. The zero-order valence-electron chi connectivity index (χ0n) is 12.2. The number of rotatable bonds is 4. The summed E-state index contributed by atoms with van der Waals surface area (Å²) < 4.78 is 1.79. The van der Waals surface area contributed by atoms with Gasteiger partial charge < -0.3 is 5.11 Å². The first-order valence-electron chi connectivity index (χ1n) is 7.10. The number of nitrogens with zero attached hydrogens (tertiary/aromatic N) is 4. The van der Waals surface area contributed by atoms with Crippen molar-refractivity contribution in [1.29, 1.82) is 0 Å². The monoisotopic (exact) mass is 282 g/mol. The highest BCUT2D eigenvalue weighted by Crippen LogP contribution is 2.22. The van der Waals surface area contributed by atoms with Crippen molar-refractivity contribution < 1.29 is 5.11 Å². The van der Waals surface area contributed by atoms with Crippen molar-refractivity contribution in [3.8, 4) is 0 Å². The van der Waals surface area contributed by atoms with E-state index in [4.69, 9.17) is 0 Å². The third-order valence-corrected chi connectivity index (χ3v) is 3.66. The van der Waals surface area contributed by atoms with Crippen molar-refractivity contribution in [3.05, 3.63) is 53.7 Å². The SMILES string of the molecule is CCn1ncnc1CC(O)c1cc(C)c2ccccc2n1. The van der Waals surface area contributed by atoms with Gasteiger partial charge in [-0.25, -0.2) is 4.98 Å². The number of benzene rings is 1. The van der Waals surface area contributed by atoms with Crippen molar-refractivity contribution in [1.82, 2.24) is 19.7 Å². The van der Waals surface area contributed by atoms with Gasteiger partial charge in [0.25, 0.3) is 0 Å². The second-order valence-electron chi connectivity index (χ2n) is 5.09. The minimum atomic E-state index is -0.678. The van der Waals surface area contributed by atoms with Crippen LogP contribution in [-0.4, -0.2) is 24.9 Å². The maximum atomic E-state index is 10.5. The molecule has 2 heterocycles. The fraction of sp³-hybridized carbons (Fsp3) is 0.312. The number of hydrogen-bond donors (Lipinski definition) is 1. The van der Waals surface area contributed by atoms with Crippen LogP contribution in [0.2, 0.25) is 0 Å². The van der Waals surface area contributed by atoms with Gasteiger partial charge in [-0.1, -0.05) is 18.2 Å². The van der Waals surface area contributed by atoms with E-state index >= 15 is 0 Å². The first kappa shape index (κ1) is 13.7. The molecule has 1 unspecified atom stereocenters. The molecule has 0 bridgehead atoms. The molecule has 0 fully saturated rings. The summed E-state index contributed by atoms with van der Waals surface area (Å²) >= 11 is 0. The Labute approximate surface area is 123 Å². The molecule has 2 aromatic heterocycles. The maximum Gasteiger partial charge on any atom is 0.138 e. The Morgan fingerprint density at radius 3 is 2.90 bits per heavy atom. The van der Waals surface area contributed by atoms with Gasteiger partial charge in [0.15, 0.2) is 0 Å². The molecule has 1 N–H and O–H groups in total. The standard InChI is InChI=1S/C16H18N4O/c1-3-20-16(17-10-18-20)9-15(21)14-8-11(2)12-6-4-5-7-13(12)19-14/h4-8,10,15,21H,3,9H2,1-2H3. The van der Waals surface area contributed by atoms with Crippen molar-refractivity contribution in [3.63, 3.8) is 0 Å². The highest BCUT2D eigenvalue weighted by atomic mass is 16.3. The molecule has 0 aliphatic carbocycles. The lowest BCUT2D eigenvalue weighted by Gasteiger charge is -2.12. The second-order valence-corrected chi connectivity index (χ2v) is 5.09. The molecule has 0 amide bonds. The molecule has 5 nitrogen and oxygen atoms in total. The summed E-state index contributed by atoms with van der Waals surface area (Å²) in [4.78, 5) is 8.77. The van der Waals surface area contributed by atoms with Gasteiger partial charge >= 0.3 is 0 Å². The second kappa shape index (κ2) is 5.61. The lowest BCUT2D eigenvalue weighted by molar-refractivity contribution is 0.169. The first-order chi connectivity index (χ1) is 10.2. The topological polar surface area (TPSA) is 63.8 Å². The van der Waals surface area contributed by atoms with Gasteiger partial charge in [0, 0.05) is 18.4 Å². The van der Waals surface area contributed by atoms with E-state index < -0.39 is 6.10 Å². The summed E-state index contributed by atoms with van der Waals surface area (Å²) in [6.45, 7) is 4.78. The number of aliphatic hydroxyl groups excluding tert-OH is 1. The Morgan fingerprint density at radius 2 is 2.10 bits per heavy atom. The van der Waals surface area contributed by atoms with E-state index in [0.29, 0.717) is 12.1 Å². The highest BCUT2D eigenvalue weighted by Gasteiger charge is 2.15. The largest absolute Gasteiger partial charge is 0.386 e. The smallest absolute Gasteiger partial charge is 0.138 e. The van der Waals surface area contributed by atoms with Crippen LogP contribution in [0.5, 0.6) is 0 Å². The maximum absolute atomic E-state index is 10.5. The third kappa shape index (κ3) is 2.64. The Bertz CT molecular complexity index is 766. The van der Waals surface area contributed by atoms with Crippen LogP contribution >= 0.6 is 0 Å². The molecule has 0 saturated carbocycles. The summed E-state index contributed by atoms with van der Waals surface area (Å²) in [7, 11) is 0. The van der Waals surface area contributed by atoms with Crippen molar-refractivity contribution in [2.75, 3.05) is 0 Å². The van der Waals surface area contributed by atoms with E-state index in [2.05, 4.69) is 15.1 Å². The number of aromatic nitrogens is 4. The molecular formula is C16H18N4O. The Morgan fingerprint density at radius 1 is 1.29 bits per heavy atom. The average molecular weight is 282 g/mol. The van der Waals surface area contributed by atoms with Crippen LogP contribution in [0.1, 0.15) is 30.1 Å². The Balaban J connectivity index is 1.93. The average Bonchev–Trinajstić information content (AvgIpc) is 2.94. The number of hydrogen-bond acceptors (Lipinski definition) is 4. The van der Waals surface area contributed by atoms with Crippen LogP contribution in [0.4, 0.5) is 0 Å². The molecule has 0 saturated heterocycles. The van der Waals surface area contributed by atoms with Gasteiger partial charge in [0.05, 0.1) is 11.2 Å². The molecule has 1 atom stereocenters. The Hall–Kier alpha value is -2.27. The van der Waals surface area contributed by atoms with Crippen molar-refractivity contribution in [2.45, 2.75) is 32.9 Å². The minimum Gasteiger partial charge on any atom is -0.386 e. The highest BCUT2D eigenvalue weighted by molar-refractivity contribution is 5.82. The fourth-order valence-electron chi connectivity index (χ4n) is 2.53. The number of aliphatic hydroxyl groups is 1. The van der Waals surface area contributed by atoms with Gasteiger partial charge in [-0.3, -0.25) is 9.67 Å². The van der Waals surface area contributed by atoms with Crippen LogP contribution < -0.4 is 0 Å². The predicted molar refractivity (Wildman–Crippen MR) is 80.8 cm³/mol. The van der Waals surface area contributed by atoms with Crippen LogP contribution in [0.15, 0.2) is 36.7 Å². The lowest BCUT2D eigenvalue weighted by Crippen LogP contribution is -2.11. The first-order valence-corrected chi connectivity index (χ1v) is 7.10. The van der Waals surface area contributed by atoms with Crippen LogP contribution in [-0.2, 0) is 13.0 Å². The molecule has 1 aromatic carbocycles. The lowest BCUT2D eigenvalue weighted by atomic mass is 10.1. The zero-order chi connectivity index (χ0) is 14.8. The van der Waals surface area contributed by atoms with E-state index in [1.54, 1.807) is 4.68 Å². The minimum absolute atomic E-state index is 0.415. The van der Waals surface area contributed by atoms with Crippen molar-refractivity contribution >= 4 is 10.9 Å². The molecule has 0 spiro atoms. The molecule has 0 radical (unpaired) electrons. The van der Waals surface area contributed by atoms with E-state index in [0.717, 1.165) is 28.8 Å². The number of pyridine rings is 1. The van der Waals surface area contributed by atoms with E-state index in [-0.39, 0.29) is 0 Å². The molecule has 5 heteroatoms. The quantitative estimate of drug-likeness (QED) is 0.798. The van der Waals surface area contributed by atoms with Gasteiger partial charge in [0.1, 0.15) is 18.3 Å². The van der Waals surface area contributed by atoms with E-state index in [1.807, 2.05) is 44.2 Å². The summed E-state index contributed by atoms with van der Waals surface area (Å²) in [5.41, 5.74) is 2.70. The molecule has 21 heavy (non-hydrogen) atoms. The summed E-state index contributed by atoms with van der Waals surface area (Å²) in [6.07, 6.45) is 1.26. The number of para-hydroxylation sites is 1. The molecule has 0 aliphatic rings. The van der Waals surface area contributed by atoms with Gasteiger partial charge in [-0.05, 0) is 31.5 Å². The van der Waals surface area contributed by atoms with Gasteiger partial charge in [-0.15, -0.1) is 0 Å². The normalized spacial score (nSPS) is 12.7. The Kier molecular flexibility index (Phi) is 3.66. The molecule has 3 rings (SSSR count). The van der Waals surface area contributed by atoms with Crippen molar-refractivity contribution in [2.24, 2.45) is 0 Å². The molecular weight excluding hydrogens is 264 g/mol. The van der Waals surface area contributed by atoms with E-state index in [1.165, 1.54) is 6.33 Å². The van der Waals surface area contributed by atoms with Crippen LogP contribution in [0.3, 0.4) is 0 Å².